The van der Waals surface area contributed by atoms with Gasteiger partial charge in [-0.1, -0.05) is 5.16 Å². The van der Waals surface area contributed by atoms with Crippen molar-refractivity contribution < 1.29 is 13.6 Å². The third-order valence-electron chi connectivity index (χ3n) is 2.00. The number of nitrogens with two attached hydrogens (primary N) is 1. The largest absolute Gasteiger partial charge is 0.409 e. The number of rotatable bonds is 4. The third-order valence-corrected chi connectivity index (χ3v) is 4.55. The van der Waals surface area contributed by atoms with Gasteiger partial charge in [-0.05, 0) is 20.8 Å². The summed E-state index contributed by atoms with van der Waals surface area (Å²) in [6.07, 6.45) is 0.211. The molecule has 0 amide bonds. The highest BCUT2D eigenvalue weighted by Crippen LogP contribution is 2.18. The average Bonchev–Trinajstić information content (AvgIpc) is 2.11. The lowest BCUT2D eigenvalue weighted by Crippen LogP contribution is -2.41. The first-order valence-electron chi connectivity index (χ1n) is 4.55. The minimum atomic E-state index is -3.34. The van der Waals surface area contributed by atoms with E-state index in [9.17, 15) is 8.42 Å². The van der Waals surface area contributed by atoms with E-state index >= 15 is 0 Å². The number of nitrogens with zero attached hydrogens (tertiary/aromatic N) is 2. The van der Waals surface area contributed by atoms with Crippen LogP contribution in [-0.4, -0.2) is 42.1 Å². The van der Waals surface area contributed by atoms with Gasteiger partial charge in [0.15, 0.2) is 0 Å². The lowest BCUT2D eigenvalue weighted by molar-refractivity contribution is 0.316. The Morgan fingerprint density at radius 3 is 2.27 bits per heavy atom. The van der Waals surface area contributed by atoms with Crippen LogP contribution in [0.15, 0.2) is 5.16 Å². The molecule has 0 aromatic rings. The maximum absolute atomic E-state index is 11.8. The summed E-state index contributed by atoms with van der Waals surface area (Å²) in [4.78, 5) is 0. The normalized spacial score (nSPS) is 14.6. The lowest BCUT2D eigenvalue weighted by atomic mass is 10.3. The Hall–Kier alpha value is -0.820. The number of oxime groups is 1. The molecule has 0 aliphatic heterocycles. The van der Waals surface area contributed by atoms with Crippen LogP contribution < -0.4 is 5.73 Å². The molecular weight excluding hydrogens is 218 g/mol. The Bertz CT molecular complexity index is 330. The van der Waals surface area contributed by atoms with E-state index in [4.69, 9.17) is 10.9 Å². The molecular formula is C8H19N3O3S. The van der Waals surface area contributed by atoms with E-state index in [2.05, 4.69) is 5.16 Å². The summed E-state index contributed by atoms with van der Waals surface area (Å²) < 4.78 is 24.0. The Morgan fingerprint density at radius 1 is 1.47 bits per heavy atom. The second-order valence-electron chi connectivity index (χ2n) is 4.28. The van der Waals surface area contributed by atoms with Crippen LogP contribution in [-0.2, 0) is 10.0 Å². The van der Waals surface area contributed by atoms with Gasteiger partial charge in [-0.25, -0.2) is 12.7 Å². The molecule has 0 aliphatic rings. The molecule has 0 aromatic heterocycles. The second kappa shape index (κ2) is 4.80. The molecule has 0 saturated heterocycles. The molecule has 0 radical (unpaired) electrons. The summed E-state index contributed by atoms with van der Waals surface area (Å²) in [5.41, 5.74) is 5.25. The third kappa shape index (κ3) is 3.67. The Morgan fingerprint density at radius 2 is 1.93 bits per heavy atom. The first-order chi connectivity index (χ1) is 6.63. The van der Waals surface area contributed by atoms with E-state index in [-0.39, 0.29) is 18.8 Å². The quantitative estimate of drug-likeness (QED) is 0.315. The van der Waals surface area contributed by atoms with Crippen molar-refractivity contribution in [3.8, 4) is 0 Å². The Labute approximate surface area is 90.8 Å². The highest BCUT2D eigenvalue weighted by molar-refractivity contribution is 7.90. The van der Waals surface area contributed by atoms with Crippen LogP contribution in [0.2, 0.25) is 0 Å². The van der Waals surface area contributed by atoms with E-state index in [1.54, 1.807) is 20.8 Å². The first-order valence-corrected chi connectivity index (χ1v) is 5.99. The average molecular weight is 237 g/mol. The van der Waals surface area contributed by atoms with Crippen molar-refractivity contribution in [3.05, 3.63) is 0 Å². The molecule has 90 valence electrons. The predicted octanol–water partition coefficient (Wildman–Crippen LogP) is 0.183. The molecule has 0 spiro atoms. The Kier molecular flexibility index (Phi) is 4.54. The standard InChI is InChI=1S/C8H19N3O3S/c1-8(2,3)15(13,14)11(4)6-5-7(9)10-12/h12H,5-6H2,1-4H3,(H2,9,10). The van der Waals surface area contributed by atoms with E-state index in [1.165, 1.54) is 11.4 Å². The Balaban J connectivity index is 4.54. The SMILES string of the molecule is CN(CCC(N)=NO)S(=O)(=O)C(C)(C)C. The predicted molar refractivity (Wildman–Crippen MR) is 59.3 cm³/mol. The van der Waals surface area contributed by atoms with Crippen molar-refractivity contribution in [3.63, 3.8) is 0 Å². The van der Waals surface area contributed by atoms with Gasteiger partial charge in [0, 0.05) is 20.0 Å². The summed E-state index contributed by atoms with van der Waals surface area (Å²) in [7, 11) is -1.86. The smallest absolute Gasteiger partial charge is 0.218 e. The van der Waals surface area contributed by atoms with E-state index < -0.39 is 14.8 Å². The molecule has 0 heterocycles. The summed E-state index contributed by atoms with van der Waals surface area (Å²) in [6.45, 7) is 5.09. The lowest BCUT2D eigenvalue weighted by Gasteiger charge is -2.26. The van der Waals surface area contributed by atoms with E-state index in [0.29, 0.717) is 0 Å². The molecule has 6 nitrogen and oxygen atoms in total. The zero-order valence-electron chi connectivity index (χ0n) is 9.56. The summed E-state index contributed by atoms with van der Waals surface area (Å²) in [6, 6.07) is 0. The van der Waals surface area contributed by atoms with Crippen LogP contribution in [0.3, 0.4) is 0 Å². The van der Waals surface area contributed by atoms with Crippen LogP contribution >= 0.6 is 0 Å². The van der Waals surface area contributed by atoms with E-state index in [0.717, 1.165) is 0 Å². The molecule has 0 bridgehead atoms. The van der Waals surface area contributed by atoms with Gasteiger partial charge in [-0.3, -0.25) is 0 Å². The highest BCUT2D eigenvalue weighted by atomic mass is 32.2. The summed E-state index contributed by atoms with van der Waals surface area (Å²) >= 11 is 0. The van der Waals surface area contributed by atoms with Gasteiger partial charge in [-0.15, -0.1) is 0 Å². The monoisotopic (exact) mass is 237 g/mol. The van der Waals surface area contributed by atoms with E-state index in [1.807, 2.05) is 0 Å². The van der Waals surface area contributed by atoms with Crippen molar-refractivity contribution in [2.24, 2.45) is 10.9 Å². The van der Waals surface area contributed by atoms with Gasteiger partial charge in [0.05, 0.1) is 4.75 Å². The van der Waals surface area contributed by atoms with Crippen molar-refractivity contribution in [2.75, 3.05) is 13.6 Å². The van der Waals surface area contributed by atoms with Crippen molar-refractivity contribution in [2.45, 2.75) is 31.9 Å². The van der Waals surface area contributed by atoms with Crippen molar-refractivity contribution in [1.29, 1.82) is 0 Å². The molecule has 0 rings (SSSR count). The fourth-order valence-corrected chi connectivity index (χ4v) is 2.18. The zero-order chi connectivity index (χ0) is 12.3. The van der Waals surface area contributed by atoms with Crippen LogP contribution in [0.4, 0.5) is 0 Å². The second-order valence-corrected chi connectivity index (χ2v) is 7.08. The van der Waals surface area contributed by atoms with Gasteiger partial charge in [0.2, 0.25) is 10.0 Å². The van der Waals surface area contributed by atoms with Crippen molar-refractivity contribution in [1.82, 2.24) is 4.31 Å². The maximum Gasteiger partial charge on any atom is 0.218 e. The number of sulfonamides is 1. The molecule has 15 heavy (non-hydrogen) atoms. The number of hydrogen-bond acceptors (Lipinski definition) is 4. The van der Waals surface area contributed by atoms with Crippen LogP contribution in [0.25, 0.3) is 0 Å². The summed E-state index contributed by atoms with van der Waals surface area (Å²) in [5.74, 6) is 0.0194. The topological polar surface area (TPSA) is 96.0 Å². The molecule has 0 atom stereocenters. The van der Waals surface area contributed by atoms with Crippen LogP contribution in [0.5, 0.6) is 0 Å². The minimum Gasteiger partial charge on any atom is -0.409 e. The molecule has 0 aliphatic carbocycles. The number of hydrogen-bond donors (Lipinski definition) is 2. The van der Waals surface area contributed by atoms with Crippen LogP contribution in [0, 0.1) is 0 Å². The molecule has 0 unspecified atom stereocenters. The number of amidine groups is 1. The minimum absolute atomic E-state index is 0.0194. The highest BCUT2D eigenvalue weighted by Gasteiger charge is 2.32. The van der Waals surface area contributed by atoms with Gasteiger partial charge in [0.1, 0.15) is 5.84 Å². The summed E-state index contributed by atoms with van der Waals surface area (Å²) in [5, 5.41) is 11.1. The van der Waals surface area contributed by atoms with Crippen molar-refractivity contribution >= 4 is 15.9 Å². The molecule has 3 N–H and O–H groups in total. The first kappa shape index (κ1) is 14.2. The molecule has 7 heteroatoms. The molecule has 0 aromatic carbocycles. The van der Waals surface area contributed by atoms with Gasteiger partial charge in [0.25, 0.3) is 0 Å². The molecule has 0 fully saturated rings. The van der Waals surface area contributed by atoms with Gasteiger partial charge >= 0.3 is 0 Å². The molecule has 0 saturated carbocycles. The van der Waals surface area contributed by atoms with Crippen LogP contribution in [0.1, 0.15) is 27.2 Å². The fraction of sp³-hybridized carbons (Fsp3) is 0.875. The maximum atomic E-state index is 11.8. The zero-order valence-corrected chi connectivity index (χ0v) is 10.4. The van der Waals surface area contributed by atoms with Gasteiger partial charge < -0.3 is 10.9 Å². The fourth-order valence-electron chi connectivity index (χ4n) is 0.910. The van der Waals surface area contributed by atoms with Gasteiger partial charge in [-0.2, -0.15) is 0 Å².